The largest absolute Gasteiger partial charge is 0.353 e. The predicted molar refractivity (Wildman–Crippen MR) is 98.5 cm³/mol. The molecule has 0 spiro atoms. The summed E-state index contributed by atoms with van der Waals surface area (Å²) in [5.41, 5.74) is 8.06. The molecule has 27 heavy (non-hydrogen) atoms. The first kappa shape index (κ1) is 16.0. The molecule has 8 nitrogen and oxygen atoms in total. The zero-order valence-electron chi connectivity index (χ0n) is 14.5. The third-order valence-corrected chi connectivity index (χ3v) is 5.35. The van der Waals surface area contributed by atoms with Crippen molar-refractivity contribution in [1.82, 2.24) is 19.5 Å². The Bertz CT molecular complexity index is 1030. The molecule has 8 heteroatoms. The van der Waals surface area contributed by atoms with Crippen molar-refractivity contribution >= 4 is 23.3 Å². The van der Waals surface area contributed by atoms with Gasteiger partial charge in [0.05, 0.1) is 11.1 Å². The van der Waals surface area contributed by atoms with Gasteiger partial charge in [-0.1, -0.05) is 12.1 Å². The number of carbonyl (C=O) groups is 2. The Morgan fingerprint density at radius 2 is 1.78 bits per heavy atom. The van der Waals surface area contributed by atoms with Crippen LogP contribution in [0, 0.1) is 5.92 Å². The Kier molecular flexibility index (Phi) is 3.48. The van der Waals surface area contributed by atoms with Crippen LogP contribution in [0.25, 0.3) is 5.65 Å². The highest BCUT2D eigenvalue weighted by molar-refractivity contribution is 6.21. The first-order chi connectivity index (χ1) is 13.1. The minimum absolute atomic E-state index is 0.00695. The highest BCUT2D eigenvalue weighted by Crippen LogP contribution is 2.27. The number of carbonyl (C=O) groups excluding carboxylic acids is 2. The maximum Gasteiger partial charge on any atom is 0.261 e. The Balaban J connectivity index is 1.35. The van der Waals surface area contributed by atoms with E-state index in [1.807, 2.05) is 12.1 Å². The van der Waals surface area contributed by atoms with Crippen LogP contribution in [0.5, 0.6) is 0 Å². The molecule has 2 aliphatic heterocycles. The second-order valence-corrected chi connectivity index (χ2v) is 7.02. The monoisotopic (exact) mass is 362 g/mol. The zero-order chi connectivity index (χ0) is 18.5. The van der Waals surface area contributed by atoms with Crippen molar-refractivity contribution in [1.29, 1.82) is 0 Å². The van der Waals surface area contributed by atoms with E-state index in [1.165, 1.54) is 4.90 Å². The number of rotatable bonds is 3. The third-order valence-electron chi connectivity index (χ3n) is 5.35. The minimum atomic E-state index is -0.237. The lowest BCUT2D eigenvalue weighted by Crippen LogP contribution is -2.41. The number of nitrogens with two attached hydrogens (primary N) is 1. The topological polar surface area (TPSA) is 96.8 Å². The molecule has 0 bridgehead atoms. The van der Waals surface area contributed by atoms with Crippen LogP contribution < -0.4 is 10.6 Å². The first-order valence-electron chi connectivity index (χ1n) is 8.88. The van der Waals surface area contributed by atoms with Crippen LogP contribution in [0.15, 0.2) is 48.8 Å². The summed E-state index contributed by atoms with van der Waals surface area (Å²) in [6.07, 6.45) is 3.50. The molecule has 3 aromatic rings. The summed E-state index contributed by atoms with van der Waals surface area (Å²) in [5.74, 6) is 0.326. The second-order valence-electron chi connectivity index (χ2n) is 7.02. The van der Waals surface area contributed by atoms with Crippen molar-refractivity contribution in [3.05, 3.63) is 59.9 Å². The number of benzene rings is 1. The molecule has 0 aliphatic carbocycles. The van der Waals surface area contributed by atoms with Crippen LogP contribution in [0.1, 0.15) is 20.7 Å². The van der Waals surface area contributed by atoms with Crippen molar-refractivity contribution in [3.63, 3.8) is 0 Å². The van der Waals surface area contributed by atoms with E-state index in [2.05, 4.69) is 15.0 Å². The van der Waals surface area contributed by atoms with Gasteiger partial charge in [-0.25, -0.2) is 9.50 Å². The maximum atomic E-state index is 12.6. The fourth-order valence-electron chi connectivity index (χ4n) is 3.89. The molecule has 1 aromatic carbocycles. The lowest BCUT2D eigenvalue weighted by molar-refractivity contribution is 0.0630. The second kappa shape index (κ2) is 5.88. The van der Waals surface area contributed by atoms with Gasteiger partial charge in [-0.3, -0.25) is 14.5 Å². The fraction of sp³-hybridized carbons (Fsp3) is 0.263. The summed E-state index contributed by atoms with van der Waals surface area (Å²) in [6, 6.07) is 10.6. The fourth-order valence-corrected chi connectivity index (χ4v) is 3.89. The van der Waals surface area contributed by atoms with Crippen LogP contribution in [0.3, 0.4) is 0 Å². The SMILES string of the molecule is NC1CN(c2ccc3nccn3n2)CC1CN1C(=O)c2ccccc2C1=O. The van der Waals surface area contributed by atoms with E-state index >= 15 is 0 Å². The van der Waals surface area contributed by atoms with Gasteiger partial charge in [0, 0.05) is 44.0 Å². The molecular weight excluding hydrogens is 344 g/mol. The third kappa shape index (κ3) is 2.48. The van der Waals surface area contributed by atoms with Gasteiger partial charge in [0.1, 0.15) is 5.82 Å². The molecular formula is C19H18N6O2. The summed E-state index contributed by atoms with van der Waals surface area (Å²) in [5, 5.41) is 4.56. The Morgan fingerprint density at radius 3 is 2.52 bits per heavy atom. The molecule has 4 heterocycles. The summed E-state index contributed by atoms with van der Waals surface area (Å²) < 4.78 is 1.72. The van der Waals surface area contributed by atoms with Crippen molar-refractivity contribution in [3.8, 4) is 0 Å². The molecule has 0 radical (unpaired) electrons. The van der Waals surface area contributed by atoms with Crippen LogP contribution >= 0.6 is 0 Å². The quantitative estimate of drug-likeness (QED) is 0.692. The number of hydrogen-bond acceptors (Lipinski definition) is 6. The van der Waals surface area contributed by atoms with Gasteiger partial charge in [0.25, 0.3) is 11.8 Å². The van der Waals surface area contributed by atoms with Gasteiger partial charge < -0.3 is 10.6 Å². The van der Waals surface area contributed by atoms with Gasteiger partial charge >= 0.3 is 0 Å². The van der Waals surface area contributed by atoms with Gasteiger partial charge in [0.2, 0.25) is 0 Å². The number of amides is 2. The molecule has 2 N–H and O–H groups in total. The van der Waals surface area contributed by atoms with Crippen molar-refractivity contribution in [2.75, 3.05) is 24.5 Å². The average Bonchev–Trinajstić information content (AvgIpc) is 3.36. The number of hydrogen-bond donors (Lipinski definition) is 1. The Hall–Kier alpha value is -3.26. The van der Waals surface area contributed by atoms with Crippen molar-refractivity contribution in [2.45, 2.75) is 6.04 Å². The highest BCUT2D eigenvalue weighted by atomic mass is 16.2. The number of nitrogens with zero attached hydrogens (tertiary/aromatic N) is 5. The summed E-state index contributed by atoms with van der Waals surface area (Å²) >= 11 is 0. The number of aromatic nitrogens is 3. The van der Waals surface area contributed by atoms with E-state index in [9.17, 15) is 9.59 Å². The average molecular weight is 362 g/mol. The van der Waals surface area contributed by atoms with E-state index in [-0.39, 0.29) is 23.8 Å². The standard InChI is InChI=1S/C19H18N6O2/c20-15-11-23(17-6-5-16-21-7-8-25(16)22-17)9-12(15)10-24-18(26)13-3-1-2-4-14(13)19(24)27/h1-8,12,15H,9-11,20H2. The smallest absolute Gasteiger partial charge is 0.261 e. The van der Waals surface area contributed by atoms with Gasteiger partial charge in [-0.2, -0.15) is 0 Å². The van der Waals surface area contributed by atoms with E-state index in [1.54, 1.807) is 41.2 Å². The van der Waals surface area contributed by atoms with Crippen LogP contribution in [0.2, 0.25) is 0 Å². The number of imide groups is 1. The molecule has 1 fully saturated rings. The normalized spacial score (nSPS) is 22.1. The van der Waals surface area contributed by atoms with Crippen molar-refractivity contribution in [2.24, 2.45) is 11.7 Å². The predicted octanol–water partition coefficient (Wildman–Crippen LogP) is 0.789. The van der Waals surface area contributed by atoms with Gasteiger partial charge in [-0.15, -0.1) is 5.10 Å². The molecule has 2 atom stereocenters. The number of fused-ring (bicyclic) bond motifs is 2. The summed E-state index contributed by atoms with van der Waals surface area (Å²) in [6.45, 7) is 1.58. The van der Waals surface area contributed by atoms with Crippen LogP contribution in [0.4, 0.5) is 5.82 Å². The first-order valence-corrected chi connectivity index (χ1v) is 8.88. The lowest BCUT2D eigenvalue weighted by atomic mass is 10.0. The summed E-state index contributed by atoms with van der Waals surface area (Å²) in [4.78, 5) is 32.8. The van der Waals surface area contributed by atoms with Crippen LogP contribution in [-0.2, 0) is 0 Å². The highest BCUT2D eigenvalue weighted by Gasteiger charge is 2.40. The molecule has 1 saturated heterocycles. The molecule has 5 rings (SSSR count). The molecule has 2 aliphatic rings. The molecule has 136 valence electrons. The molecule has 2 aromatic heterocycles. The Labute approximate surface area is 155 Å². The summed E-state index contributed by atoms with van der Waals surface area (Å²) in [7, 11) is 0. The lowest BCUT2D eigenvalue weighted by Gasteiger charge is -2.21. The molecule has 0 saturated carbocycles. The molecule has 2 amide bonds. The van der Waals surface area contributed by atoms with Gasteiger partial charge in [0.15, 0.2) is 5.65 Å². The zero-order valence-corrected chi connectivity index (χ0v) is 14.5. The van der Waals surface area contributed by atoms with E-state index in [0.29, 0.717) is 30.8 Å². The van der Waals surface area contributed by atoms with Crippen molar-refractivity contribution < 1.29 is 9.59 Å². The number of imidazole rings is 1. The number of anilines is 1. The van der Waals surface area contributed by atoms with E-state index < -0.39 is 0 Å². The molecule has 2 unspecified atom stereocenters. The van der Waals surface area contributed by atoms with Gasteiger partial charge in [-0.05, 0) is 24.3 Å². The van der Waals surface area contributed by atoms with E-state index in [4.69, 9.17) is 5.73 Å². The Morgan fingerprint density at radius 1 is 1.04 bits per heavy atom. The van der Waals surface area contributed by atoms with Crippen LogP contribution in [-0.4, -0.2) is 57.0 Å². The minimum Gasteiger partial charge on any atom is -0.353 e. The van der Waals surface area contributed by atoms with E-state index in [0.717, 1.165) is 11.5 Å². The maximum absolute atomic E-state index is 12.6.